The maximum Gasteiger partial charge on any atom is 0.0576 e. The highest BCUT2D eigenvalue weighted by Crippen LogP contribution is 2.24. The number of aromatic nitrogens is 1. The van der Waals surface area contributed by atoms with Crippen molar-refractivity contribution >= 4 is 5.69 Å². The topological polar surface area (TPSA) is 36.4 Å². The molecule has 1 saturated heterocycles. The quantitative estimate of drug-likeness (QED) is 0.828. The molecule has 2 atom stereocenters. The number of aliphatic hydroxyl groups is 1. The van der Waals surface area contributed by atoms with Gasteiger partial charge in [0.1, 0.15) is 0 Å². The molecule has 0 amide bonds. The second-order valence-corrected chi connectivity index (χ2v) is 4.58. The summed E-state index contributed by atoms with van der Waals surface area (Å²) in [5, 5.41) is 9.58. The van der Waals surface area contributed by atoms with Crippen molar-refractivity contribution in [1.82, 2.24) is 4.98 Å². The van der Waals surface area contributed by atoms with E-state index < -0.39 is 0 Å². The molecule has 0 unspecified atom stereocenters. The Morgan fingerprint density at radius 1 is 1.50 bits per heavy atom. The number of anilines is 1. The fourth-order valence-electron chi connectivity index (χ4n) is 2.33. The lowest BCUT2D eigenvalue weighted by Gasteiger charge is -2.37. The number of aryl methyl sites for hydroxylation is 1. The third-order valence-electron chi connectivity index (χ3n) is 3.35. The predicted molar refractivity (Wildman–Crippen MR) is 65.7 cm³/mol. The molecule has 1 aromatic heterocycles. The number of aliphatic hydroxyl groups excluding tert-OH is 1. The van der Waals surface area contributed by atoms with Gasteiger partial charge < -0.3 is 10.0 Å². The summed E-state index contributed by atoms with van der Waals surface area (Å²) in [6.07, 6.45) is 4.52. The highest BCUT2D eigenvalue weighted by molar-refractivity contribution is 5.46. The van der Waals surface area contributed by atoms with Crippen molar-refractivity contribution in [3.05, 3.63) is 24.0 Å². The molecule has 1 aromatic rings. The van der Waals surface area contributed by atoms with E-state index in [2.05, 4.69) is 35.9 Å². The molecule has 16 heavy (non-hydrogen) atoms. The van der Waals surface area contributed by atoms with E-state index in [1.54, 1.807) is 0 Å². The van der Waals surface area contributed by atoms with Crippen molar-refractivity contribution in [1.29, 1.82) is 0 Å². The minimum Gasteiger partial charge on any atom is -0.393 e. The average molecular weight is 220 g/mol. The molecular formula is C13H20N2O. The smallest absolute Gasteiger partial charge is 0.0576 e. The third-order valence-corrected chi connectivity index (χ3v) is 3.35. The summed E-state index contributed by atoms with van der Waals surface area (Å²) in [5.74, 6) is 0. The largest absolute Gasteiger partial charge is 0.393 e. The minimum absolute atomic E-state index is 0.130. The molecule has 2 heterocycles. The number of pyridine rings is 1. The summed E-state index contributed by atoms with van der Waals surface area (Å²) < 4.78 is 0. The van der Waals surface area contributed by atoms with E-state index >= 15 is 0 Å². The SMILES string of the molecule is CCc1ccc(N2CC[C@H](O)C[C@@H]2C)cn1. The summed E-state index contributed by atoms with van der Waals surface area (Å²) in [7, 11) is 0. The van der Waals surface area contributed by atoms with Gasteiger partial charge >= 0.3 is 0 Å². The van der Waals surface area contributed by atoms with Crippen LogP contribution in [0.15, 0.2) is 18.3 Å². The molecule has 0 radical (unpaired) electrons. The molecule has 3 heteroatoms. The minimum atomic E-state index is -0.130. The van der Waals surface area contributed by atoms with Gasteiger partial charge in [-0.05, 0) is 38.3 Å². The maximum atomic E-state index is 9.58. The first-order valence-electron chi connectivity index (χ1n) is 6.10. The van der Waals surface area contributed by atoms with Gasteiger partial charge in [-0.15, -0.1) is 0 Å². The molecule has 88 valence electrons. The Labute approximate surface area is 97.1 Å². The standard InChI is InChI=1S/C13H20N2O/c1-3-11-4-5-12(9-14-11)15-7-6-13(16)8-10(15)2/h4-5,9-10,13,16H,3,6-8H2,1-2H3/t10-,13-/m0/s1. The fraction of sp³-hybridized carbons (Fsp3) is 0.615. The molecule has 1 aliphatic rings. The van der Waals surface area contributed by atoms with Gasteiger partial charge in [-0.2, -0.15) is 0 Å². The van der Waals surface area contributed by atoms with Crippen LogP contribution in [0.25, 0.3) is 0 Å². The second-order valence-electron chi connectivity index (χ2n) is 4.58. The summed E-state index contributed by atoms with van der Waals surface area (Å²) in [6.45, 7) is 5.20. The molecule has 1 fully saturated rings. The van der Waals surface area contributed by atoms with Gasteiger partial charge in [-0.25, -0.2) is 0 Å². The lowest BCUT2D eigenvalue weighted by molar-refractivity contribution is 0.131. The van der Waals surface area contributed by atoms with Crippen LogP contribution < -0.4 is 4.90 Å². The first kappa shape index (κ1) is 11.4. The van der Waals surface area contributed by atoms with Crippen LogP contribution in [0.5, 0.6) is 0 Å². The van der Waals surface area contributed by atoms with E-state index in [1.165, 1.54) is 5.69 Å². The van der Waals surface area contributed by atoms with Crippen molar-refractivity contribution in [3.8, 4) is 0 Å². The summed E-state index contributed by atoms with van der Waals surface area (Å²) >= 11 is 0. The van der Waals surface area contributed by atoms with Crippen molar-refractivity contribution < 1.29 is 5.11 Å². The molecule has 0 bridgehead atoms. The molecule has 2 rings (SSSR count). The lowest BCUT2D eigenvalue weighted by Crippen LogP contribution is -2.42. The van der Waals surface area contributed by atoms with Crippen LogP contribution in [0.2, 0.25) is 0 Å². The third kappa shape index (κ3) is 2.35. The first-order chi connectivity index (χ1) is 7.70. The zero-order chi connectivity index (χ0) is 11.5. The van der Waals surface area contributed by atoms with Gasteiger partial charge in [-0.3, -0.25) is 4.98 Å². The molecule has 0 saturated carbocycles. The monoisotopic (exact) mass is 220 g/mol. The normalized spacial score (nSPS) is 25.8. The van der Waals surface area contributed by atoms with Gasteiger partial charge in [0, 0.05) is 18.3 Å². The zero-order valence-electron chi connectivity index (χ0n) is 10.1. The first-order valence-corrected chi connectivity index (χ1v) is 6.10. The molecule has 3 nitrogen and oxygen atoms in total. The number of piperidine rings is 1. The van der Waals surface area contributed by atoms with Crippen LogP contribution >= 0.6 is 0 Å². The van der Waals surface area contributed by atoms with Crippen LogP contribution in [0.4, 0.5) is 5.69 Å². The highest BCUT2D eigenvalue weighted by Gasteiger charge is 2.24. The van der Waals surface area contributed by atoms with Crippen LogP contribution in [0, 0.1) is 0 Å². The number of rotatable bonds is 2. The number of hydrogen-bond acceptors (Lipinski definition) is 3. The Morgan fingerprint density at radius 2 is 2.31 bits per heavy atom. The Kier molecular flexibility index (Phi) is 3.44. The van der Waals surface area contributed by atoms with Crippen molar-refractivity contribution in [2.45, 2.75) is 45.3 Å². The molecule has 1 aliphatic heterocycles. The van der Waals surface area contributed by atoms with E-state index in [9.17, 15) is 5.11 Å². The van der Waals surface area contributed by atoms with Gasteiger partial charge in [0.25, 0.3) is 0 Å². The van der Waals surface area contributed by atoms with Crippen LogP contribution in [-0.4, -0.2) is 28.8 Å². The molecule has 0 aromatic carbocycles. The van der Waals surface area contributed by atoms with Gasteiger partial charge in [0.15, 0.2) is 0 Å². The summed E-state index contributed by atoms with van der Waals surface area (Å²) in [5.41, 5.74) is 2.31. The van der Waals surface area contributed by atoms with Gasteiger partial charge in [0.05, 0.1) is 18.0 Å². The molecule has 0 spiro atoms. The van der Waals surface area contributed by atoms with Gasteiger partial charge in [-0.1, -0.05) is 6.92 Å². The Balaban J connectivity index is 2.11. The van der Waals surface area contributed by atoms with E-state index in [0.717, 1.165) is 31.5 Å². The molecular weight excluding hydrogens is 200 g/mol. The van der Waals surface area contributed by atoms with E-state index in [0.29, 0.717) is 6.04 Å². The van der Waals surface area contributed by atoms with E-state index in [-0.39, 0.29) is 6.10 Å². The van der Waals surface area contributed by atoms with Crippen molar-refractivity contribution in [3.63, 3.8) is 0 Å². The van der Waals surface area contributed by atoms with Gasteiger partial charge in [0.2, 0.25) is 0 Å². The number of hydrogen-bond donors (Lipinski definition) is 1. The number of nitrogens with zero attached hydrogens (tertiary/aromatic N) is 2. The molecule has 0 aliphatic carbocycles. The Hall–Kier alpha value is -1.09. The van der Waals surface area contributed by atoms with Crippen molar-refractivity contribution in [2.24, 2.45) is 0 Å². The average Bonchev–Trinajstić information content (AvgIpc) is 2.29. The Bertz CT molecular complexity index is 336. The predicted octanol–water partition coefficient (Wildman–Crippen LogP) is 1.99. The van der Waals surface area contributed by atoms with Crippen LogP contribution in [0.1, 0.15) is 32.4 Å². The van der Waals surface area contributed by atoms with Crippen molar-refractivity contribution in [2.75, 3.05) is 11.4 Å². The van der Waals surface area contributed by atoms with E-state index in [4.69, 9.17) is 0 Å². The summed E-state index contributed by atoms with van der Waals surface area (Å²) in [6, 6.07) is 4.63. The zero-order valence-corrected chi connectivity index (χ0v) is 10.1. The second kappa shape index (κ2) is 4.83. The maximum absolute atomic E-state index is 9.58. The highest BCUT2D eigenvalue weighted by atomic mass is 16.3. The van der Waals surface area contributed by atoms with Crippen LogP contribution in [-0.2, 0) is 6.42 Å². The Morgan fingerprint density at radius 3 is 2.88 bits per heavy atom. The lowest BCUT2D eigenvalue weighted by atomic mass is 10.0. The fourth-order valence-corrected chi connectivity index (χ4v) is 2.33. The van der Waals surface area contributed by atoms with Crippen LogP contribution in [0.3, 0.4) is 0 Å². The van der Waals surface area contributed by atoms with E-state index in [1.807, 2.05) is 6.20 Å². The summed E-state index contributed by atoms with van der Waals surface area (Å²) in [4.78, 5) is 6.75. The molecule has 1 N–H and O–H groups in total.